The lowest BCUT2D eigenvalue weighted by Crippen LogP contribution is -2.30. The summed E-state index contributed by atoms with van der Waals surface area (Å²) in [5, 5.41) is 1.41. The molecule has 0 radical (unpaired) electrons. The summed E-state index contributed by atoms with van der Waals surface area (Å²) in [6.45, 7) is 0. The van der Waals surface area contributed by atoms with Gasteiger partial charge in [-0.25, -0.2) is 4.39 Å². The van der Waals surface area contributed by atoms with Crippen LogP contribution < -0.4 is 5.32 Å². The number of alkyl halides is 3. The molecule has 7 heteroatoms. The SMILES string of the molecule is O=Cc1ccc(F)cc1NC(=O)C(F)(F)F. The third-order valence-corrected chi connectivity index (χ3v) is 1.65. The van der Waals surface area contributed by atoms with Crippen LogP contribution in [-0.4, -0.2) is 18.4 Å². The van der Waals surface area contributed by atoms with Gasteiger partial charge in [0.25, 0.3) is 0 Å². The van der Waals surface area contributed by atoms with Crippen molar-refractivity contribution in [2.24, 2.45) is 0 Å². The number of rotatable bonds is 2. The highest BCUT2D eigenvalue weighted by Crippen LogP contribution is 2.20. The van der Waals surface area contributed by atoms with Crippen LogP contribution in [0.15, 0.2) is 18.2 Å². The first-order chi connectivity index (χ1) is 7.34. The molecule has 0 unspecified atom stereocenters. The zero-order valence-electron chi connectivity index (χ0n) is 7.64. The van der Waals surface area contributed by atoms with Gasteiger partial charge < -0.3 is 5.32 Å². The van der Waals surface area contributed by atoms with E-state index in [9.17, 15) is 27.2 Å². The molecule has 1 aromatic rings. The van der Waals surface area contributed by atoms with Gasteiger partial charge in [0, 0.05) is 5.56 Å². The second kappa shape index (κ2) is 4.30. The summed E-state index contributed by atoms with van der Waals surface area (Å²) < 4.78 is 48.3. The van der Waals surface area contributed by atoms with E-state index in [0.717, 1.165) is 12.1 Å². The molecule has 1 rings (SSSR count). The molecule has 1 aromatic carbocycles. The van der Waals surface area contributed by atoms with Gasteiger partial charge in [0.2, 0.25) is 0 Å². The van der Waals surface area contributed by atoms with Crippen molar-refractivity contribution in [3.05, 3.63) is 29.6 Å². The Kier molecular flexibility index (Phi) is 3.26. The largest absolute Gasteiger partial charge is 0.471 e. The molecule has 0 bridgehead atoms. The van der Waals surface area contributed by atoms with Gasteiger partial charge in [-0.15, -0.1) is 0 Å². The fraction of sp³-hybridized carbons (Fsp3) is 0.111. The second-order valence-corrected chi connectivity index (χ2v) is 2.80. The molecule has 0 spiro atoms. The van der Waals surface area contributed by atoms with Crippen LogP contribution in [0.25, 0.3) is 0 Å². The Morgan fingerprint density at radius 3 is 2.44 bits per heavy atom. The molecule has 0 fully saturated rings. The maximum Gasteiger partial charge on any atom is 0.471 e. The highest BCUT2D eigenvalue weighted by Gasteiger charge is 2.38. The Morgan fingerprint density at radius 1 is 1.31 bits per heavy atom. The molecule has 0 saturated carbocycles. The molecule has 0 aliphatic heterocycles. The van der Waals surface area contributed by atoms with Crippen molar-refractivity contribution in [3.63, 3.8) is 0 Å². The van der Waals surface area contributed by atoms with Crippen molar-refractivity contribution in [1.29, 1.82) is 0 Å². The predicted molar refractivity (Wildman–Crippen MR) is 46.5 cm³/mol. The standard InChI is InChI=1S/C9H5F4NO2/c10-6-2-1-5(4-15)7(3-6)14-8(16)9(11,12)13/h1-4H,(H,14,16). The first kappa shape index (κ1) is 12.2. The van der Waals surface area contributed by atoms with Crippen LogP contribution in [0.2, 0.25) is 0 Å². The van der Waals surface area contributed by atoms with Gasteiger partial charge >= 0.3 is 12.1 Å². The van der Waals surface area contributed by atoms with Crippen molar-refractivity contribution < 1.29 is 27.2 Å². The fourth-order valence-corrected chi connectivity index (χ4v) is 0.933. The third-order valence-electron chi connectivity index (χ3n) is 1.65. The Hall–Kier alpha value is -1.92. The fourth-order valence-electron chi connectivity index (χ4n) is 0.933. The lowest BCUT2D eigenvalue weighted by molar-refractivity contribution is -0.167. The van der Waals surface area contributed by atoms with E-state index in [0.29, 0.717) is 6.07 Å². The molecule has 1 amide bonds. The summed E-state index contributed by atoms with van der Waals surface area (Å²) in [5.41, 5.74) is -0.753. The number of benzene rings is 1. The van der Waals surface area contributed by atoms with E-state index >= 15 is 0 Å². The average molecular weight is 235 g/mol. The van der Waals surface area contributed by atoms with Crippen molar-refractivity contribution in [1.82, 2.24) is 0 Å². The summed E-state index contributed by atoms with van der Waals surface area (Å²) in [7, 11) is 0. The minimum Gasteiger partial charge on any atom is -0.317 e. The third kappa shape index (κ3) is 2.78. The number of anilines is 1. The highest BCUT2D eigenvalue weighted by molar-refractivity contribution is 5.99. The van der Waals surface area contributed by atoms with E-state index in [2.05, 4.69) is 0 Å². The van der Waals surface area contributed by atoms with Crippen LogP contribution in [0.5, 0.6) is 0 Å². The summed E-state index contributed by atoms with van der Waals surface area (Å²) in [6.07, 6.45) is -4.88. The Bertz CT molecular complexity index is 428. The highest BCUT2D eigenvalue weighted by atomic mass is 19.4. The van der Waals surface area contributed by atoms with E-state index in [1.165, 1.54) is 5.32 Å². The molecule has 0 heterocycles. The number of amides is 1. The first-order valence-corrected chi connectivity index (χ1v) is 3.97. The Morgan fingerprint density at radius 2 is 1.94 bits per heavy atom. The van der Waals surface area contributed by atoms with Gasteiger partial charge in [-0.2, -0.15) is 13.2 Å². The summed E-state index contributed by atoms with van der Waals surface area (Å²) in [4.78, 5) is 21.0. The molecular weight excluding hydrogens is 230 g/mol. The number of hydrogen-bond donors (Lipinski definition) is 1. The maximum atomic E-state index is 12.7. The minimum atomic E-state index is -5.09. The van der Waals surface area contributed by atoms with Gasteiger partial charge in [0.15, 0.2) is 6.29 Å². The molecule has 3 nitrogen and oxygen atoms in total. The molecule has 0 aromatic heterocycles. The molecular formula is C9H5F4NO2. The smallest absolute Gasteiger partial charge is 0.317 e. The zero-order chi connectivity index (χ0) is 12.3. The first-order valence-electron chi connectivity index (χ1n) is 3.97. The van der Waals surface area contributed by atoms with Gasteiger partial charge in [-0.3, -0.25) is 9.59 Å². The minimum absolute atomic E-state index is 0.214. The van der Waals surface area contributed by atoms with Crippen LogP contribution in [0, 0.1) is 5.82 Å². The Labute approximate surface area is 87.1 Å². The molecule has 0 aliphatic rings. The van der Waals surface area contributed by atoms with Gasteiger partial charge in [-0.1, -0.05) is 0 Å². The van der Waals surface area contributed by atoms with Crippen molar-refractivity contribution in [2.45, 2.75) is 6.18 Å². The lowest BCUT2D eigenvalue weighted by Gasteiger charge is -2.09. The van der Waals surface area contributed by atoms with E-state index in [1.54, 1.807) is 0 Å². The second-order valence-electron chi connectivity index (χ2n) is 2.80. The molecule has 16 heavy (non-hydrogen) atoms. The van der Waals surface area contributed by atoms with Crippen LogP contribution in [0.1, 0.15) is 10.4 Å². The zero-order valence-corrected chi connectivity index (χ0v) is 7.64. The maximum absolute atomic E-state index is 12.7. The number of carbonyl (C=O) groups is 2. The molecule has 86 valence electrons. The molecule has 0 saturated heterocycles. The summed E-state index contributed by atoms with van der Waals surface area (Å²) in [6, 6.07) is 2.49. The molecule has 1 N–H and O–H groups in total. The van der Waals surface area contributed by atoms with Gasteiger partial charge in [-0.05, 0) is 18.2 Å². The molecule has 0 aliphatic carbocycles. The summed E-state index contributed by atoms with van der Waals surface area (Å²) >= 11 is 0. The van der Waals surface area contributed by atoms with E-state index in [1.807, 2.05) is 0 Å². The number of nitrogens with one attached hydrogen (secondary N) is 1. The van der Waals surface area contributed by atoms with E-state index in [4.69, 9.17) is 0 Å². The van der Waals surface area contributed by atoms with Crippen molar-refractivity contribution >= 4 is 17.9 Å². The average Bonchev–Trinajstić information content (AvgIpc) is 2.16. The quantitative estimate of drug-likeness (QED) is 0.630. The van der Waals surface area contributed by atoms with Crippen LogP contribution in [0.4, 0.5) is 23.2 Å². The van der Waals surface area contributed by atoms with Crippen molar-refractivity contribution in [2.75, 3.05) is 5.32 Å². The van der Waals surface area contributed by atoms with Crippen molar-refractivity contribution in [3.8, 4) is 0 Å². The van der Waals surface area contributed by atoms with Gasteiger partial charge in [0.05, 0.1) is 5.69 Å². The van der Waals surface area contributed by atoms with Crippen LogP contribution >= 0.6 is 0 Å². The monoisotopic (exact) mass is 235 g/mol. The number of aldehydes is 1. The molecule has 0 atom stereocenters. The van der Waals surface area contributed by atoms with E-state index < -0.39 is 23.6 Å². The predicted octanol–water partition coefficient (Wildman–Crippen LogP) is 2.14. The van der Waals surface area contributed by atoms with Crippen LogP contribution in [0.3, 0.4) is 0 Å². The van der Waals surface area contributed by atoms with Crippen LogP contribution in [-0.2, 0) is 4.79 Å². The lowest BCUT2D eigenvalue weighted by atomic mass is 10.2. The normalized spacial score (nSPS) is 11.0. The summed E-state index contributed by atoms with van der Waals surface area (Å²) in [5.74, 6) is -3.12. The number of carbonyl (C=O) groups excluding carboxylic acids is 2. The number of hydrogen-bond acceptors (Lipinski definition) is 2. The number of halogens is 4. The Balaban J connectivity index is 3.00. The van der Waals surface area contributed by atoms with E-state index in [-0.39, 0.29) is 11.8 Å². The topological polar surface area (TPSA) is 46.2 Å². The van der Waals surface area contributed by atoms with Gasteiger partial charge in [0.1, 0.15) is 5.82 Å².